The maximum absolute atomic E-state index is 12.6. The van der Waals surface area contributed by atoms with Crippen molar-refractivity contribution in [3.05, 3.63) is 59.7 Å². The number of benzene rings is 2. The van der Waals surface area contributed by atoms with Crippen LogP contribution >= 0.6 is 0 Å². The molecule has 2 aromatic rings. The van der Waals surface area contributed by atoms with Crippen LogP contribution < -0.4 is 10.6 Å². The third-order valence-corrected chi connectivity index (χ3v) is 3.07. The molecule has 0 fully saturated rings. The fourth-order valence-corrected chi connectivity index (χ4v) is 2.08. The predicted molar refractivity (Wildman–Crippen MR) is 79.4 cm³/mol. The molecule has 0 unspecified atom stereocenters. The lowest BCUT2D eigenvalue weighted by Gasteiger charge is -2.22. The van der Waals surface area contributed by atoms with Gasteiger partial charge in [-0.3, -0.25) is 4.79 Å². The average Bonchev–Trinajstić information content (AvgIpc) is 2.40. The largest absolute Gasteiger partial charge is 0.398 e. The Bertz CT molecular complexity index is 593. The van der Waals surface area contributed by atoms with Crippen molar-refractivity contribution in [3.8, 4) is 0 Å². The van der Waals surface area contributed by atoms with Crippen molar-refractivity contribution in [2.75, 3.05) is 17.2 Å². The molecule has 0 atom stereocenters. The number of carbonyl (C=O) groups excluding carboxylic acids is 1. The molecular formula is C16H18N2O. The summed E-state index contributed by atoms with van der Waals surface area (Å²) in [7, 11) is 0. The Labute approximate surface area is 113 Å². The van der Waals surface area contributed by atoms with E-state index < -0.39 is 0 Å². The molecule has 1 amide bonds. The summed E-state index contributed by atoms with van der Waals surface area (Å²) < 4.78 is 0. The Morgan fingerprint density at radius 3 is 2.53 bits per heavy atom. The summed E-state index contributed by atoms with van der Waals surface area (Å²) in [5.74, 6) is -0.0637. The van der Waals surface area contributed by atoms with Crippen LogP contribution in [0.4, 0.5) is 11.4 Å². The number of hydrogen-bond acceptors (Lipinski definition) is 2. The first-order chi connectivity index (χ1) is 9.13. The van der Waals surface area contributed by atoms with Crippen LogP contribution in [0.5, 0.6) is 0 Å². The Balaban J connectivity index is 2.38. The van der Waals surface area contributed by atoms with Gasteiger partial charge in [-0.05, 0) is 43.7 Å². The molecule has 0 spiro atoms. The second-order valence-electron chi connectivity index (χ2n) is 4.48. The second kappa shape index (κ2) is 5.57. The molecule has 0 heterocycles. The zero-order valence-electron chi connectivity index (χ0n) is 11.3. The molecule has 19 heavy (non-hydrogen) atoms. The number of para-hydroxylation sites is 1. The van der Waals surface area contributed by atoms with E-state index in [-0.39, 0.29) is 5.91 Å². The predicted octanol–water partition coefficient (Wildman–Crippen LogP) is 3.24. The maximum atomic E-state index is 12.6. The molecule has 0 bridgehead atoms. The van der Waals surface area contributed by atoms with Gasteiger partial charge in [0.1, 0.15) is 0 Å². The molecule has 0 saturated carbocycles. The third-order valence-electron chi connectivity index (χ3n) is 3.07. The molecule has 3 nitrogen and oxygen atoms in total. The fraction of sp³-hybridized carbons (Fsp3) is 0.188. The summed E-state index contributed by atoms with van der Waals surface area (Å²) in [6.45, 7) is 4.58. The molecular weight excluding hydrogens is 236 g/mol. The van der Waals surface area contributed by atoms with E-state index >= 15 is 0 Å². The van der Waals surface area contributed by atoms with E-state index in [4.69, 9.17) is 5.73 Å². The molecule has 2 rings (SSSR count). The first-order valence-corrected chi connectivity index (χ1v) is 6.36. The number of hydrogen-bond donors (Lipinski definition) is 1. The number of nitrogen functional groups attached to an aromatic ring is 1. The lowest BCUT2D eigenvalue weighted by Crippen LogP contribution is -2.31. The summed E-state index contributed by atoms with van der Waals surface area (Å²) >= 11 is 0. The van der Waals surface area contributed by atoms with Crippen LogP contribution in [0.15, 0.2) is 48.5 Å². The van der Waals surface area contributed by atoms with Gasteiger partial charge < -0.3 is 10.6 Å². The number of nitrogens with two attached hydrogens (primary N) is 1. The minimum atomic E-state index is -0.0637. The van der Waals surface area contributed by atoms with Gasteiger partial charge in [0, 0.05) is 17.9 Å². The van der Waals surface area contributed by atoms with Gasteiger partial charge in [-0.25, -0.2) is 0 Å². The fourth-order valence-electron chi connectivity index (χ4n) is 2.08. The van der Waals surface area contributed by atoms with Crippen LogP contribution in [0.1, 0.15) is 22.8 Å². The zero-order chi connectivity index (χ0) is 13.8. The standard InChI is InChI=1S/C16H18N2O/c1-3-18(13-8-6-7-12(2)11-13)16(19)14-9-4-5-10-15(14)17/h4-11H,3,17H2,1-2H3. The Hall–Kier alpha value is -2.29. The molecule has 0 aliphatic rings. The molecule has 0 aliphatic carbocycles. The normalized spacial score (nSPS) is 10.2. The highest BCUT2D eigenvalue weighted by molar-refractivity contribution is 6.09. The second-order valence-corrected chi connectivity index (χ2v) is 4.48. The number of amides is 1. The first-order valence-electron chi connectivity index (χ1n) is 6.36. The molecule has 0 saturated heterocycles. The van der Waals surface area contributed by atoms with Gasteiger partial charge >= 0.3 is 0 Å². The minimum absolute atomic E-state index is 0.0637. The summed E-state index contributed by atoms with van der Waals surface area (Å²) in [4.78, 5) is 14.3. The lowest BCUT2D eigenvalue weighted by atomic mass is 10.1. The van der Waals surface area contributed by atoms with E-state index in [1.54, 1.807) is 17.0 Å². The van der Waals surface area contributed by atoms with Gasteiger partial charge in [-0.15, -0.1) is 0 Å². The third kappa shape index (κ3) is 2.76. The van der Waals surface area contributed by atoms with E-state index in [1.165, 1.54) is 0 Å². The number of aryl methyl sites for hydroxylation is 1. The molecule has 0 radical (unpaired) electrons. The van der Waals surface area contributed by atoms with Crippen molar-refractivity contribution in [3.63, 3.8) is 0 Å². The number of carbonyl (C=O) groups is 1. The molecule has 0 aliphatic heterocycles. The van der Waals surface area contributed by atoms with E-state index in [1.807, 2.05) is 50.2 Å². The summed E-state index contributed by atoms with van der Waals surface area (Å²) in [5, 5.41) is 0. The molecule has 3 heteroatoms. The van der Waals surface area contributed by atoms with Crippen molar-refractivity contribution in [2.45, 2.75) is 13.8 Å². The van der Waals surface area contributed by atoms with E-state index in [2.05, 4.69) is 0 Å². The Kier molecular flexibility index (Phi) is 3.85. The quantitative estimate of drug-likeness (QED) is 0.855. The minimum Gasteiger partial charge on any atom is -0.398 e. The number of anilines is 2. The van der Waals surface area contributed by atoms with Crippen molar-refractivity contribution in [1.82, 2.24) is 0 Å². The SMILES string of the molecule is CCN(C(=O)c1ccccc1N)c1cccc(C)c1. The highest BCUT2D eigenvalue weighted by Crippen LogP contribution is 2.20. The van der Waals surface area contributed by atoms with E-state index in [9.17, 15) is 4.79 Å². The molecule has 98 valence electrons. The highest BCUT2D eigenvalue weighted by atomic mass is 16.2. The van der Waals surface area contributed by atoms with Crippen LogP contribution in [0.25, 0.3) is 0 Å². The van der Waals surface area contributed by atoms with Crippen LogP contribution in [0.2, 0.25) is 0 Å². The summed E-state index contributed by atoms with van der Waals surface area (Å²) in [5.41, 5.74) is 8.96. The smallest absolute Gasteiger partial charge is 0.260 e. The van der Waals surface area contributed by atoms with Gasteiger partial charge in [0.05, 0.1) is 5.56 Å². The lowest BCUT2D eigenvalue weighted by molar-refractivity contribution is 0.0989. The van der Waals surface area contributed by atoms with E-state index in [0.29, 0.717) is 17.8 Å². The zero-order valence-corrected chi connectivity index (χ0v) is 11.3. The monoisotopic (exact) mass is 254 g/mol. The van der Waals surface area contributed by atoms with Crippen LogP contribution in [0, 0.1) is 6.92 Å². The molecule has 2 aromatic carbocycles. The van der Waals surface area contributed by atoms with Crippen molar-refractivity contribution < 1.29 is 4.79 Å². The van der Waals surface area contributed by atoms with Crippen molar-refractivity contribution in [2.24, 2.45) is 0 Å². The maximum Gasteiger partial charge on any atom is 0.260 e. The van der Waals surface area contributed by atoms with Crippen LogP contribution in [-0.4, -0.2) is 12.5 Å². The van der Waals surface area contributed by atoms with Crippen molar-refractivity contribution >= 4 is 17.3 Å². The van der Waals surface area contributed by atoms with Gasteiger partial charge in [0.2, 0.25) is 0 Å². The Morgan fingerprint density at radius 1 is 1.16 bits per heavy atom. The first kappa shape index (κ1) is 13.1. The molecule has 0 aromatic heterocycles. The topological polar surface area (TPSA) is 46.3 Å². The molecule has 2 N–H and O–H groups in total. The number of nitrogens with zero attached hydrogens (tertiary/aromatic N) is 1. The van der Waals surface area contributed by atoms with Gasteiger partial charge in [-0.2, -0.15) is 0 Å². The van der Waals surface area contributed by atoms with Crippen LogP contribution in [-0.2, 0) is 0 Å². The number of rotatable bonds is 3. The summed E-state index contributed by atoms with van der Waals surface area (Å²) in [6, 6.07) is 15.1. The Morgan fingerprint density at radius 2 is 1.89 bits per heavy atom. The van der Waals surface area contributed by atoms with Gasteiger partial charge in [-0.1, -0.05) is 24.3 Å². The summed E-state index contributed by atoms with van der Waals surface area (Å²) in [6.07, 6.45) is 0. The van der Waals surface area contributed by atoms with E-state index in [0.717, 1.165) is 11.3 Å². The average molecular weight is 254 g/mol. The van der Waals surface area contributed by atoms with Gasteiger partial charge in [0.25, 0.3) is 5.91 Å². The van der Waals surface area contributed by atoms with Crippen molar-refractivity contribution in [1.29, 1.82) is 0 Å². The van der Waals surface area contributed by atoms with Crippen LogP contribution in [0.3, 0.4) is 0 Å². The highest BCUT2D eigenvalue weighted by Gasteiger charge is 2.17. The van der Waals surface area contributed by atoms with Gasteiger partial charge in [0.15, 0.2) is 0 Å².